The molecule has 5 heteroatoms. The molecule has 0 aliphatic carbocycles. The molecule has 2 heterocycles. The molecule has 4 N–H and O–H groups in total. The maximum Gasteiger partial charge on any atom is 0.142 e. The van der Waals surface area contributed by atoms with Crippen molar-refractivity contribution in [3.63, 3.8) is 0 Å². The summed E-state index contributed by atoms with van der Waals surface area (Å²) in [6, 6.07) is 1.34. The molecule has 12 heavy (non-hydrogen) atoms. The van der Waals surface area contributed by atoms with Gasteiger partial charge in [-0.05, 0) is 6.07 Å². The van der Waals surface area contributed by atoms with E-state index in [9.17, 15) is 4.39 Å². The number of hydrogen-bond donors (Lipinski definition) is 2. The maximum atomic E-state index is 12.7. The number of nitrogens with two attached hydrogens (primary N) is 2. The summed E-state index contributed by atoms with van der Waals surface area (Å²) >= 11 is 1.26. The Labute approximate surface area is 71.8 Å². The van der Waals surface area contributed by atoms with Gasteiger partial charge in [0.2, 0.25) is 0 Å². The van der Waals surface area contributed by atoms with Gasteiger partial charge in [-0.25, -0.2) is 9.37 Å². The van der Waals surface area contributed by atoms with Gasteiger partial charge in [-0.15, -0.1) is 0 Å². The number of halogens is 1. The van der Waals surface area contributed by atoms with Crippen LogP contribution in [0.15, 0.2) is 12.3 Å². The first kappa shape index (κ1) is 7.30. The zero-order valence-corrected chi connectivity index (χ0v) is 6.86. The van der Waals surface area contributed by atoms with Gasteiger partial charge < -0.3 is 11.5 Å². The molecule has 0 amide bonds. The lowest BCUT2D eigenvalue weighted by molar-refractivity contribution is 0.624. The second-order valence-corrected chi connectivity index (χ2v) is 3.42. The van der Waals surface area contributed by atoms with Gasteiger partial charge in [0, 0.05) is 5.39 Å². The van der Waals surface area contributed by atoms with Crippen molar-refractivity contribution in [3.8, 4) is 0 Å². The minimum atomic E-state index is -0.396. The lowest BCUT2D eigenvalue weighted by Gasteiger charge is -1.90. The second-order valence-electron chi connectivity index (χ2n) is 2.39. The number of nitrogen functional groups attached to an aromatic ring is 2. The van der Waals surface area contributed by atoms with Gasteiger partial charge in [-0.2, -0.15) is 0 Å². The predicted octanol–water partition coefficient (Wildman–Crippen LogP) is 1.60. The Kier molecular flexibility index (Phi) is 1.41. The van der Waals surface area contributed by atoms with Crippen LogP contribution in [0.1, 0.15) is 0 Å². The van der Waals surface area contributed by atoms with Crippen LogP contribution in [0.2, 0.25) is 0 Å². The molecule has 0 saturated heterocycles. The number of anilines is 2. The Hall–Kier alpha value is -1.36. The quantitative estimate of drug-likeness (QED) is 0.652. The molecule has 62 valence electrons. The van der Waals surface area contributed by atoms with Gasteiger partial charge in [-0.3, -0.25) is 0 Å². The van der Waals surface area contributed by atoms with Crippen LogP contribution in [0.4, 0.5) is 15.1 Å². The summed E-state index contributed by atoms with van der Waals surface area (Å²) < 4.78 is 12.7. The number of hydrogen-bond acceptors (Lipinski definition) is 4. The molecule has 0 aromatic carbocycles. The number of rotatable bonds is 0. The van der Waals surface area contributed by atoms with Crippen molar-refractivity contribution in [2.75, 3.05) is 11.5 Å². The second kappa shape index (κ2) is 2.31. The van der Waals surface area contributed by atoms with Crippen molar-refractivity contribution >= 4 is 32.2 Å². The summed E-state index contributed by atoms with van der Waals surface area (Å²) in [6.45, 7) is 0. The van der Waals surface area contributed by atoms with Crippen LogP contribution < -0.4 is 11.5 Å². The van der Waals surface area contributed by atoms with E-state index in [1.54, 1.807) is 0 Å². The van der Waals surface area contributed by atoms with Gasteiger partial charge in [0.1, 0.15) is 15.6 Å². The van der Waals surface area contributed by atoms with E-state index in [1.807, 2.05) is 0 Å². The third-order valence-corrected chi connectivity index (χ3v) is 2.54. The number of pyridine rings is 1. The third kappa shape index (κ3) is 0.902. The van der Waals surface area contributed by atoms with E-state index in [0.29, 0.717) is 20.9 Å². The van der Waals surface area contributed by atoms with E-state index >= 15 is 0 Å². The Bertz CT molecular complexity index is 437. The van der Waals surface area contributed by atoms with E-state index in [0.717, 1.165) is 6.20 Å². The topological polar surface area (TPSA) is 64.9 Å². The molecule has 2 aromatic rings. The van der Waals surface area contributed by atoms with E-state index < -0.39 is 5.82 Å². The first-order valence-electron chi connectivity index (χ1n) is 3.27. The largest absolute Gasteiger partial charge is 0.396 e. The van der Waals surface area contributed by atoms with Crippen LogP contribution in [-0.4, -0.2) is 4.98 Å². The predicted molar refractivity (Wildman–Crippen MR) is 48.4 cm³/mol. The fraction of sp³-hybridized carbons (Fsp3) is 0. The molecule has 0 atom stereocenters. The molecule has 0 aliphatic heterocycles. The molecule has 3 nitrogen and oxygen atoms in total. The monoisotopic (exact) mass is 183 g/mol. The number of fused-ring (bicyclic) bond motifs is 1. The molecule has 0 unspecified atom stereocenters. The van der Waals surface area contributed by atoms with Crippen LogP contribution in [0.25, 0.3) is 10.2 Å². The summed E-state index contributed by atoms with van der Waals surface area (Å²) in [4.78, 5) is 4.52. The number of aromatic nitrogens is 1. The highest BCUT2D eigenvalue weighted by Crippen LogP contribution is 2.34. The lowest BCUT2D eigenvalue weighted by atomic mass is 10.3. The number of thiophene rings is 1. The normalized spacial score (nSPS) is 10.8. The van der Waals surface area contributed by atoms with Crippen molar-refractivity contribution in [3.05, 3.63) is 18.1 Å². The van der Waals surface area contributed by atoms with Crippen molar-refractivity contribution in [1.29, 1.82) is 0 Å². The fourth-order valence-corrected chi connectivity index (χ4v) is 1.81. The standard InChI is InChI=1S/C7H6FN3S/c8-3-1-4-5(9)6(10)12-7(4)11-2-3/h1-2H,9-10H2. The van der Waals surface area contributed by atoms with E-state index in [4.69, 9.17) is 11.5 Å². The minimum Gasteiger partial charge on any atom is -0.396 e. The molecular formula is C7H6FN3S. The summed E-state index contributed by atoms with van der Waals surface area (Å²) in [7, 11) is 0. The summed E-state index contributed by atoms with van der Waals surface area (Å²) in [6.07, 6.45) is 1.15. The van der Waals surface area contributed by atoms with E-state index in [1.165, 1.54) is 17.4 Å². The molecular weight excluding hydrogens is 177 g/mol. The van der Waals surface area contributed by atoms with Crippen molar-refractivity contribution in [2.24, 2.45) is 0 Å². The van der Waals surface area contributed by atoms with Gasteiger partial charge in [-0.1, -0.05) is 11.3 Å². The van der Waals surface area contributed by atoms with Crippen LogP contribution in [0.3, 0.4) is 0 Å². The Morgan fingerprint density at radius 1 is 1.42 bits per heavy atom. The Morgan fingerprint density at radius 3 is 2.92 bits per heavy atom. The molecule has 0 bridgehead atoms. The summed E-state index contributed by atoms with van der Waals surface area (Å²) in [5.41, 5.74) is 11.5. The zero-order chi connectivity index (χ0) is 8.72. The highest BCUT2D eigenvalue weighted by Gasteiger charge is 2.07. The zero-order valence-electron chi connectivity index (χ0n) is 6.04. The molecule has 0 saturated carbocycles. The van der Waals surface area contributed by atoms with Gasteiger partial charge in [0.25, 0.3) is 0 Å². The first-order chi connectivity index (χ1) is 5.68. The van der Waals surface area contributed by atoms with Gasteiger partial charge in [0.05, 0.1) is 11.9 Å². The van der Waals surface area contributed by atoms with E-state index in [2.05, 4.69) is 4.98 Å². The van der Waals surface area contributed by atoms with Crippen LogP contribution in [0.5, 0.6) is 0 Å². The average Bonchev–Trinajstić information content (AvgIpc) is 2.31. The van der Waals surface area contributed by atoms with Gasteiger partial charge in [0.15, 0.2) is 0 Å². The first-order valence-corrected chi connectivity index (χ1v) is 4.09. The van der Waals surface area contributed by atoms with Crippen LogP contribution in [-0.2, 0) is 0 Å². The summed E-state index contributed by atoms with van der Waals surface area (Å²) in [5, 5.41) is 1.08. The van der Waals surface area contributed by atoms with Crippen molar-refractivity contribution in [2.45, 2.75) is 0 Å². The minimum absolute atomic E-state index is 0.396. The summed E-state index contributed by atoms with van der Waals surface area (Å²) in [5.74, 6) is -0.396. The smallest absolute Gasteiger partial charge is 0.142 e. The third-order valence-electron chi connectivity index (χ3n) is 1.58. The van der Waals surface area contributed by atoms with E-state index in [-0.39, 0.29) is 0 Å². The number of nitrogens with zero attached hydrogens (tertiary/aromatic N) is 1. The molecule has 0 fully saturated rings. The fourth-order valence-electron chi connectivity index (χ4n) is 0.993. The van der Waals surface area contributed by atoms with Gasteiger partial charge >= 0.3 is 0 Å². The van der Waals surface area contributed by atoms with Crippen LogP contribution >= 0.6 is 11.3 Å². The highest BCUT2D eigenvalue weighted by atomic mass is 32.1. The Morgan fingerprint density at radius 2 is 2.17 bits per heavy atom. The maximum absolute atomic E-state index is 12.7. The van der Waals surface area contributed by atoms with Crippen molar-refractivity contribution < 1.29 is 4.39 Å². The average molecular weight is 183 g/mol. The molecule has 2 aromatic heterocycles. The van der Waals surface area contributed by atoms with Crippen LogP contribution in [0, 0.1) is 5.82 Å². The molecule has 0 radical (unpaired) electrons. The molecule has 2 rings (SSSR count). The SMILES string of the molecule is Nc1sc2ncc(F)cc2c1N. The molecule has 0 spiro atoms. The lowest BCUT2D eigenvalue weighted by Crippen LogP contribution is -1.88. The van der Waals surface area contributed by atoms with Crippen molar-refractivity contribution in [1.82, 2.24) is 4.98 Å². The Balaban J connectivity index is 2.88. The molecule has 0 aliphatic rings. The highest BCUT2D eigenvalue weighted by molar-refractivity contribution is 7.23.